The molecule has 1 saturated carbocycles. The van der Waals surface area contributed by atoms with Gasteiger partial charge in [0.2, 0.25) is 6.41 Å². The van der Waals surface area contributed by atoms with Crippen molar-refractivity contribution >= 4 is 23.9 Å². The number of carboxylic acids is 1. The SMILES string of the molecule is C=CC(C/C=C/F)N(C=O)C(CCCCC(=O)O)=Nc1cc(C/C=C(\ONC)C2CC2)ccc1C. The summed E-state index contributed by atoms with van der Waals surface area (Å²) in [6.07, 6.45) is 10.8. The number of aliphatic imine (C=N–C) groups is 1. The molecule has 1 aromatic rings. The van der Waals surface area contributed by atoms with E-state index in [-0.39, 0.29) is 12.8 Å². The molecule has 0 heterocycles. The molecule has 190 valence electrons. The maximum absolute atomic E-state index is 12.6. The van der Waals surface area contributed by atoms with Crippen molar-refractivity contribution in [2.75, 3.05) is 7.05 Å². The molecule has 2 rings (SSSR count). The number of carboxylic acid groups (broad SMARTS) is 1. The molecule has 0 aliphatic heterocycles. The molecule has 1 fully saturated rings. The minimum Gasteiger partial charge on any atom is -0.481 e. The van der Waals surface area contributed by atoms with Crippen molar-refractivity contribution < 1.29 is 23.9 Å². The second kappa shape index (κ2) is 14.9. The van der Waals surface area contributed by atoms with Gasteiger partial charge in [0.05, 0.1) is 18.1 Å². The van der Waals surface area contributed by atoms with E-state index in [1.807, 2.05) is 25.1 Å². The Morgan fingerprint density at radius 2 is 2.11 bits per heavy atom. The van der Waals surface area contributed by atoms with Crippen LogP contribution in [0.4, 0.5) is 10.1 Å². The first kappa shape index (κ1) is 28.0. The van der Waals surface area contributed by atoms with Gasteiger partial charge in [0.25, 0.3) is 0 Å². The molecule has 1 unspecified atom stereocenters. The third-order valence-corrected chi connectivity index (χ3v) is 5.81. The zero-order chi connectivity index (χ0) is 25.6. The van der Waals surface area contributed by atoms with Crippen LogP contribution < -0.4 is 5.48 Å². The third kappa shape index (κ3) is 9.48. The van der Waals surface area contributed by atoms with Gasteiger partial charge in [0, 0.05) is 25.8 Å². The molecule has 1 aromatic carbocycles. The van der Waals surface area contributed by atoms with Gasteiger partial charge < -0.3 is 9.94 Å². The van der Waals surface area contributed by atoms with E-state index in [0.29, 0.717) is 50.2 Å². The van der Waals surface area contributed by atoms with Gasteiger partial charge in [-0.1, -0.05) is 24.3 Å². The number of hydrogen-bond acceptors (Lipinski definition) is 5. The van der Waals surface area contributed by atoms with E-state index in [2.05, 4.69) is 18.1 Å². The van der Waals surface area contributed by atoms with Gasteiger partial charge in [-0.15, -0.1) is 6.58 Å². The second-order valence-electron chi connectivity index (χ2n) is 8.55. The number of amidine groups is 1. The van der Waals surface area contributed by atoms with Crippen molar-refractivity contribution in [3.63, 3.8) is 0 Å². The molecule has 0 spiro atoms. The number of carbonyl (C=O) groups excluding carboxylic acids is 1. The number of aryl methyl sites for hydroxylation is 1. The number of unbranched alkanes of at least 4 members (excludes halogenated alkanes) is 1. The zero-order valence-corrected chi connectivity index (χ0v) is 20.6. The minimum absolute atomic E-state index is 0.0444. The average Bonchev–Trinajstić information content (AvgIpc) is 3.68. The van der Waals surface area contributed by atoms with Crippen molar-refractivity contribution in [2.45, 2.75) is 64.3 Å². The molecular weight excluding hydrogens is 449 g/mol. The highest BCUT2D eigenvalue weighted by Crippen LogP contribution is 2.36. The van der Waals surface area contributed by atoms with Crippen molar-refractivity contribution in [1.82, 2.24) is 10.4 Å². The third-order valence-electron chi connectivity index (χ3n) is 5.81. The maximum Gasteiger partial charge on any atom is 0.303 e. The first-order chi connectivity index (χ1) is 16.9. The van der Waals surface area contributed by atoms with Crippen molar-refractivity contribution in [1.29, 1.82) is 0 Å². The Labute approximate surface area is 207 Å². The molecule has 1 atom stereocenters. The number of benzene rings is 1. The number of carbonyl (C=O) groups is 2. The Bertz CT molecular complexity index is 954. The molecule has 8 heteroatoms. The lowest BCUT2D eigenvalue weighted by atomic mass is 10.1. The number of nitrogens with zero attached hydrogens (tertiary/aromatic N) is 2. The Morgan fingerprint density at radius 3 is 2.71 bits per heavy atom. The molecule has 35 heavy (non-hydrogen) atoms. The quantitative estimate of drug-likeness (QED) is 0.0610. The maximum atomic E-state index is 12.6. The first-order valence-corrected chi connectivity index (χ1v) is 12.0. The van der Waals surface area contributed by atoms with Gasteiger partial charge in [-0.3, -0.25) is 14.5 Å². The monoisotopic (exact) mass is 485 g/mol. The molecule has 0 bridgehead atoms. The molecule has 7 nitrogen and oxygen atoms in total. The highest BCUT2D eigenvalue weighted by atomic mass is 19.1. The van der Waals surface area contributed by atoms with E-state index < -0.39 is 12.0 Å². The van der Waals surface area contributed by atoms with Crippen LogP contribution in [0.5, 0.6) is 0 Å². The topological polar surface area (TPSA) is 91.2 Å². The van der Waals surface area contributed by atoms with Crippen molar-refractivity contribution in [3.05, 3.63) is 66.2 Å². The number of amides is 1. The van der Waals surface area contributed by atoms with Crippen LogP contribution in [0.15, 0.2) is 60.1 Å². The van der Waals surface area contributed by atoms with Crippen LogP contribution in [0.1, 0.15) is 56.1 Å². The molecular formula is C27H36FN3O4. The van der Waals surface area contributed by atoms with E-state index in [9.17, 15) is 14.0 Å². The molecule has 1 aliphatic carbocycles. The highest BCUT2D eigenvalue weighted by molar-refractivity contribution is 5.93. The Hall–Kier alpha value is -3.26. The molecule has 2 N–H and O–H groups in total. The molecule has 0 aromatic heterocycles. The fourth-order valence-electron chi connectivity index (χ4n) is 3.68. The molecule has 0 radical (unpaired) electrons. The van der Waals surface area contributed by atoms with E-state index in [4.69, 9.17) is 14.9 Å². The number of halogens is 1. The van der Waals surface area contributed by atoms with Gasteiger partial charge in [-0.25, -0.2) is 9.38 Å². The van der Waals surface area contributed by atoms with Crippen molar-refractivity contribution in [3.8, 4) is 0 Å². The summed E-state index contributed by atoms with van der Waals surface area (Å²) in [6, 6.07) is 5.54. The standard InChI is InChI=1S/C27H36FN3O4/c1-4-23(8-7-17-28)31(19-32)26(9-5-6-10-27(33)34)30-24-18-21(12-11-20(24)2)13-16-25(35-29-3)22-14-15-22/h4,7,11-12,16-19,22-23,29H,1,5-6,8-10,13-15H2,2-3H3,(H,33,34)/b17-7+,25-16-,30-26?. The average molecular weight is 486 g/mol. The summed E-state index contributed by atoms with van der Waals surface area (Å²) in [4.78, 5) is 34.8. The van der Waals surface area contributed by atoms with E-state index in [1.54, 1.807) is 13.1 Å². The van der Waals surface area contributed by atoms with Crippen LogP contribution in [0.25, 0.3) is 0 Å². The summed E-state index contributed by atoms with van der Waals surface area (Å²) in [5.41, 5.74) is 5.47. The van der Waals surface area contributed by atoms with Gasteiger partial charge >= 0.3 is 5.97 Å². The predicted octanol–water partition coefficient (Wildman–Crippen LogP) is 5.54. The fraction of sp³-hybridized carbons (Fsp3) is 0.444. The fourth-order valence-corrected chi connectivity index (χ4v) is 3.68. The summed E-state index contributed by atoms with van der Waals surface area (Å²) >= 11 is 0. The van der Waals surface area contributed by atoms with Gasteiger partial charge in [0.1, 0.15) is 11.6 Å². The lowest BCUT2D eigenvalue weighted by Crippen LogP contribution is -2.38. The summed E-state index contributed by atoms with van der Waals surface area (Å²) in [7, 11) is 1.74. The summed E-state index contributed by atoms with van der Waals surface area (Å²) in [5, 5.41) is 8.95. The number of hydrogen-bond donors (Lipinski definition) is 2. The largest absolute Gasteiger partial charge is 0.481 e. The first-order valence-electron chi connectivity index (χ1n) is 12.0. The molecule has 1 aliphatic rings. The van der Waals surface area contributed by atoms with Crippen LogP contribution in [-0.4, -0.2) is 41.3 Å². The van der Waals surface area contributed by atoms with Crippen LogP contribution in [0.2, 0.25) is 0 Å². The lowest BCUT2D eigenvalue weighted by Gasteiger charge is -2.26. The predicted molar refractivity (Wildman–Crippen MR) is 136 cm³/mol. The van der Waals surface area contributed by atoms with E-state index >= 15 is 0 Å². The number of nitrogens with one attached hydrogen (secondary N) is 1. The van der Waals surface area contributed by atoms with Gasteiger partial charge in [0.15, 0.2) is 0 Å². The summed E-state index contributed by atoms with van der Waals surface area (Å²) < 4.78 is 12.6. The Kier molecular flexibility index (Phi) is 11.9. The number of hydroxylamine groups is 1. The van der Waals surface area contributed by atoms with Crippen LogP contribution >= 0.6 is 0 Å². The van der Waals surface area contributed by atoms with E-state index in [1.165, 1.54) is 11.0 Å². The smallest absolute Gasteiger partial charge is 0.303 e. The number of aliphatic carboxylic acids is 1. The second-order valence-corrected chi connectivity index (χ2v) is 8.55. The summed E-state index contributed by atoms with van der Waals surface area (Å²) in [5.74, 6) is 1.05. The number of rotatable bonds is 16. The van der Waals surface area contributed by atoms with Crippen molar-refractivity contribution in [2.24, 2.45) is 10.9 Å². The van der Waals surface area contributed by atoms with E-state index in [0.717, 1.165) is 35.4 Å². The minimum atomic E-state index is -0.864. The highest BCUT2D eigenvalue weighted by Gasteiger charge is 2.27. The van der Waals surface area contributed by atoms with Gasteiger partial charge in [-0.2, -0.15) is 5.48 Å². The number of allylic oxidation sites excluding steroid dienone is 2. The Balaban J connectivity index is 2.34. The lowest BCUT2D eigenvalue weighted by molar-refractivity contribution is -0.137. The van der Waals surface area contributed by atoms with Crippen LogP contribution in [0.3, 0.4) is 0 Å². The van der Waals surface area contributed by atoms with Crippen LogP contribution in [-0.2, 0) is 20.8 Å². The molecule has 0 saturated heterocycles. The normalized spacial score (nSPS) is 15.2. The molecule has 1 amide bonds. The zero-order valence-electron chi connectivity index (χ0n) is 20.6. The van der Waals surface area contributed by atoms with Gasteiger partial charge in [-0.05, 0) is 68.7 Å². The van der Waals surface area contributed by atoms with Crippen LogP contribution in [0, 0.1) is 12.8 Å². The Morgan fingerprint density at radius 1 is 1.37 bits per heavy atom. The summed E-state index contributed by atoms with van der Waals surface area (Å²) in [6.45, 7) is 5.73.